The molecule has 5 nitrogen and oxygen atoms in total. The van der Waals surface area contributed by atoms with Gasteiger partial charge in [0.15, 0.2) is 0 Å². The van der Waals surface area contributed by atoms with E-state index in [0.29, 0.717) is 12.1 Å². The molecule has 2 rings (SSSR count). The molecule has 0 aromatic rings. The Morgan fingerprint density at radius 3 is 2.45 bits per heavy atom. The summed E-state index contributed by atoms with van der Waals surface area (Å²) in [5.74, 6) is 0. The lowest BCUT2D eigenvalue weighted by Crippen LogP contribution is -2.51. The lowest BCUT2D eigenvalue weighted by Gasteiger charge is -2.37. The Morgan fingerprint density at radius 2 is 1.85 bits per heavy atom. The zero-order chi connectivity index (χ0) is 14.5. The molecular formula is C15H30N4O. The first-order valence-electron chi connectivity index (χ1n) is 7.98. The molecule has 0 bridgehead atoms. The summed E-state index contributed by atoms with van der Waals surface area (Å²) in [7, 11) is 5.89. The van der Waals surface area contributed by atoms with Crippen LogP contribution in [0.4, 0.5) is 4.79 Å². The van der Waals surface area contributed by atoms with E-state index in [-0.39, 0.29) is 6.03 Å². The highest BCUT2D eigenvalue weighted by Gasteiger charge is 2.25. The van der Waals surface area contributed by atoms with Crippen LogP contribution in [0.2, 0.25) is 0 Å². The van der Waals surface area contributed by atoms with Gasteiger partial charge >= 0.3 is 6.03 Å². The molecule has 1 unspecified atom stereocenters. The van der Waals surface area contributed by atoms with Crippen LogP contribution in [0.25, 0.3) is 0 Å². The minimum Gasteiger partial charge on any atom is -0.331 e. The first kappa shape index (κ1) is 15.6. The fourth-order valence-corrected chi connectivity index (χ4v) is 3.26. The van der Waals surface area contributed by atoms with Gasteiger partial charge in [0.05, 0.1) is 0 Å². The van der Waals surface area contributed by atoms with Gasteiger partial charge in [-0.15, -0.1) is 0 Å². The van der Waals surface area contributed by atoms with Crippen LogP contribution in [0.15, 0.2) is 0 Å². The second-order valence-electron chi connectivity index (χ2n) is 6.48. The zero-order valence-corrected chi connectivity index (χ0v) is 13.3. The number of nitrogens with zero attached hydrogens (tertiary/aromatic N) is 3. The molecule has 1 N–H and O–H groups in total. The van der Waals surface area contributed by atoms with Crippen LogP contribution in [0.5, 0.6) is 0 Å². The monoisotopic (exact) mass is 282 g/mol. The normalized spacial score (nSPS) is 25.8. The number of likely N-dealkylation sites (tertiary alicyclic amines) is 2. The first-order chi connectivity index (χ1) is 9.58. The number of amides is 2. The fourth-order valence-electron chi connectivity index (χ4n) is 3.26. The molecule has 0 radical (unpaired) electrons. The molecule has 0 aromatic heterocycles. The van der Waals surface area contributed by atoms with Crippen molar-refractivity contribution in [3.63, 3.8) is 0 Å². The van der Waals surface area contributed by atoms with Gasteiger partial charge in [-0.05, 0) is 39.3 Å². The Kier molecular flexibility index (Phi) is 5.66. The van der Waals surface area contributed by atoms with E-state index in [9.17, 15) is 4.79 Å². The molecule has 2 aliphatic rings. The summed E-state index contributed by atoms with van der Waals surface area (Å²) in [5.41, 5.74) is 0. The molecule has 2 fully saturated rings. The Labute approximate surface area is 123 Å². The topological polar surface area (TPSA) is 38.8 Å². The SMILES string of the molecule is CN(C)C(=O)N1CCC(NCC2CCCCN2C)CC1. The highest BCUT2D eigenvalue weighted by atomic mass is 16.2. The highest BCUT2D eigenvalue weighted by molar-refractivity contribution is 5.73. The van der Waals surface area contributed by atoms with Crippen LogP contribution < -0.4 is 5.32 Å². The Bertz CT molecular complexity index is 313. The molecule has 0 saturated carbocycles. The van der Waals surface area contributed by atoms with E-state index < -0.39 is 0 Å². The first-order valence-corrected chi connectivity index (χ1v) is 7.98. The van der Waals surface area contributed by atoms with E-state index >= 15 is 0 Å². The van der Waals surface area contributed by atoms with Crippen molar-refractivity contribution in [1.29, 1.82) is 0 Å². The predicted molar refractivity (Wildman–Crippen MR) is 81.9 cm³/mol. The second-order valence-corrected chi connectivity index (χ2v) is 6.48. The Balaban J connectivity index is 1.68. The van der Waals surface area contributed by atoms with Gasteiger partial charge in [-0.25, -0.2) is 4.79 Å². The molecule has 1 atom stereocenters. The average Bonchev–Trinajstić information content (AvgIpc) is 2.46. The van der Waals surface area contributed by atoms with Crippen LogP contribution in [0.3, 0.4) is 0 Å². The van der Waals surface area contributed by atoms with Gasteiger partial charge < -0.3 is 20.0 Å². The number of carbonyl (C=O) groups excluding carboxylic acids is 1. The van der Waals surface area contributed by atoms with Crippen LogP contribution in [0, 0.1) is 0 Å². The van der Waals surface area contributed by atoms with Crippen LogP contribution >= 0.6 is 0 Å². The standard InChI is InChI=1S/C15H30N4O/c1-17(2)15(20)19-10-7-13(8-11-19)16-12-14-6-4-5-9-18(14)3/h13-14,16H,4-12H2,1-3H3. The maximum absolute atomic E-state index is 11.9. The number of rotatable bonds is 3. The summed E-state index contributed by atoms with van der Waals surface area (Å²) < 4.78 is 0. The van der Waals surface area contributed by atoms with E-state index in [1.165, 1.54) is 25.8 Å². The molecule has 5 heteroatoms. The largest absolute Gasteiger partial charge is 0.331 e. The number of likely N-dealkylation sites (N-methyl/N-ethyl adjacent to an activating group) is 1. The molecule has 116 valence electrons. The predicted octanol–water partition coefficient (Wildman–Crippen LogP) is 1.21. The van der Waals surface area contributed by atoms with Gasteiger partial charge in [0, 0.05) is 45.8 Å². The van der Waals surface area contributed by atoms with Gasteiger partial charge in [0.2, 0.25) is 0 Å². The number of hydrogen-bond acceptors (Lipinski definition) is 3. The van der Waals surface area contributed by atoms with Crippen LogP contribution in [-0.4, -0.2) is 80.1 Å². The number of piperidine rings is 2. The third kappa shape index (κ3) is 4.09. The third-order valence-electron chi connectivity index (χ3n) is 4.71. The van der Waals surface area contributed by atoms with Crippen molar-refractivity contribution < 1.29 is 4.79 Å². The van der Waals surface area contributed by atoms with Crippen molar-refractivity contribution in [1.82, 2.24) is 20.0 Å². The molecule has 2 saturated heterocycles. The summed E-state index contributed by atoms with van der Waals surface area (Å²) in [6, 6.07) is 1.43. The summed E-state index contributed by atoms with van der Waals surface area (Å²) >= 11 is 0. The Morgan fingerprint density at radius 1 is 1.15 bits per heavy atom. The van der Waals surface area contributed by atoms with Gasteiger partial charge in [0.25, 0.3) is 0 Å². The van der Waals surface area contributed by atoms with Crippen LogP contribution in [-0.2, 0) is 0 Å². The van der Waals surface area contributed by atoms with Crippen molar-refractivity contribution in [2.24, 2.45) is 0 Å². The van der Waals surface area contributed by atoms with Crippen molar-refractivity contribution in [3.05, 3.63) is 0 Å². The van der Waals surface area contributed by atoms with Gasteiger partial charge in [0.1, 0.15) is 0 Å². The lowest BCUT2D eigenvalue weighted by atomic mass is 10.0. The Hall–Kier alpha value is -0.810. The average molecular weight is 282 g/mol. The van der Waals surface area contributed by atoms with Gasteiger partial charge in [-0.3, -0.25) is 0 Å². The molecule has 0 aliphatic carbocycles. The minimum absolute atomic E-state index is 0.149. The van der Waals surface area contributed by atoms with E-state index in [0.717, 1.165) is 32.5 Å². The van der Waals surface area contributed by atoms with E-state index in [1.54, 1.807) is 4.90 Å². The summed E-state index contributed by atoms with van der Waals surface area (Å²) in [6.45, 7) is 4.11. The van der Waals surface area contributed by atoms with Gasteiger partial charge in [-0.1, -0.05) is 6.42 Å². The van der Waals surface area contributed by atoms with Crippen molar-refractivity contribution in [2.45, 2.75) is 44.2 Å². The number of urea groups is 1. The molecule has 0 aromatic carbocycles. The molecule has 2 amide bonds. The zero-order valence-electron chi connectivity index (χ0n) is 13.3. The quantitative estimate of drug-likeness (QED) is 0.845. The summed E-state index contributed by atoms with van der Waals surface area (Å²) in [6.07, 6.45) is 6.19. The summed E-state index contributed by atoms with van der Waals surface area (Å²) in [4.78, 5) is 18.0. The van der Waals surface area contributed by atoms with Crippen molar-refractivity contribution >= 4 is 6.03 Å². The molecule has 20 heavy (non-hydrogen) atoms. The van der Waals surface area contributed by atoms with E-state index in [2.05, 4.69) is 17.3 Å². The fraction of sp³-hybridized carbons (Fsp3) is 0.933. The van der Waals surface area contributed by atoms with E-state index in [4.69, 9.17) is 0 Å². The number of nitrogens with one attached hydrogen (secondary N) is 1. The minimum atomic E-state index is 0.149. The molecule has 2 heterocycles. The highest BCUT2D eigenvalue weighted by Crippen LogP contribution is 2.16. The number of carbonyl (C=O) groups is 1. The second kappa shape index (κ2) is 7.27. The lowest BCUT2D eigenvalue weighted by molar-refractivity contribution is 0.144. The maximum Gasteiger partial charge on any atom is 0.319 e. The smallest absolute Gasteiger partial charge is 0.319 e. The molecular weight excluding hydrogens is 252 g/mol. The summed E-state index contributed by atoms with van der Waals surface area (Å²) in [5, 5.41) is 3.72. The van der Waals surface area contributed by atoms with Crippen LogP contribution in [0.1, 0.15) is 32.1 Å². The van der Waals surface area contributed by atoms with Crippen molar-refractivity contribution in [2.75, 3.05) is 47.3 Å². The maximum atomic E-state index is 11.9. The van der Waals surface area contributed by atoms with Crippen molar-refractivity contribution in [3.8, 4) is 0 Å². The molecule has 2 aliphatic heterocycles. The molecule has 0 spiro atoms. The van der Waals surface area contributed by atoms with Gasteiger partial charge in [-0.2, -0.15) is 0 Å². The number of hydrogen-bond donors (Lipinski definition) is 1. The van der Waals surface area contributed by atoms with E-state index in [1.807, 2.05) is 19.0 Å². The third-order valence-corrected chi connectivity index (χ3v) is 4.71.